The first kappa shape index (κ1) is 28.3. The first-order chi connectivity index (χ1) is 14.8. The van der Waals surface area contributed by atoms with Gasteiger partial charge in [-0.3, -0.25) is 10.1 Å². The number of aryl methyl sites for hydroxylation is 2. The van der Waals surface area contributed by atoms with Crippen LogP contribution in [0.25, 0.3) is 11.1 Å². The molecule has 2 aromatic carbocycles. The molecule has 1 aliphatic rings. The monoisotopic (exact) mass is 608 g/mol. The number of carbonyl (C=O) groups excluding carboxylic acids is 4. The summed E-state index contributed by atoms with van der Waals surface area (Å²) >= 11 is 0. The molecule has 0 saturated carbocycles. The molecule has 1 heterocycles. The van der Waals surface area contributed by atoms with Crippen molar-refractivity contribution in [1.29, 1.82) is 0 Å². The van der Waals surface area contributed by atoms with Crippen molar-refractivity contribution in [2.45, 2.75) is 20.3 Å². The van der Waals surface area contributed by atoms with Gasteiger partial charge in [0.2, 0.25) is 5.82 Å². The van der Waals surface area contributed by atoms with E-state index in [0.717, 1.165) is 29.8 Å². The number of nitro benzene ring substituents is 1. The second-order valence-corrected chi connectivity index (χ2v) is 6.02. The third kappa shape index (κ3) is 8.20. The van der Waals surface area contributed by atoms with Crippen LogP contribution in [0.2, 0.25) is 0 Å². The number of hydrogen-bond acceptors (Lipinski definition) is 8. The molecule has 0 fully saturated rings. The zero-order valence-corrected chi connectivity index (χ0v) is 19.8. The minimum absolute atomic E-state index is 0. The average molecular weight is 608 g/mol. The van der Waals surface area contributed by atoms with Crippen LogP contribution in [-0.4, -0.2) is 27.2 Å². The molecule has 0 atom stereocenters. The number of aromatic nitrogens is 2. The summed E-state index contributed by atoms with van der Waals surface area (Å²) in [5.41, 5.74) is 6.23. The van der Waals surface area contributed by atoms with E-state index in [1.165, 1.54) is 22.8 Å². The number of rotatable bonds is 1. The maximum Gasteiger partial charge on any atom is 0.373 e. The zero-order valence-electron chi connectivity index (χ0n) is 16.8. The summed E-state index contributed by atoms with van der Waals surface area (Å²) in [5, 5.41) is 10.1. The Morgan fingerprint density at radius 1 is 1.03 bits per heavy atom. The molecule has 0 bridgehead atoms. The van der Waals surface area contributed by atoms with Crippen molar-refractivity contribution < 1.29 is 49.6 Å². The second-order valence-electron chi connectivity index (χ2n) is 6.02. The molecule has 0 saturated heterocycles. The number of nitrogens with zero attached hydrogens (tertiary/aromatic N) is 3. The first-order valence-electron chi connectivity index (χ1n) is 8.49. The van der Waals surface area contributed by atoms with Crippen LogP contribution in [-0.2, 0) is 46.7 Å². The molecular formula is C21H15FN3O6W-. The van der Waals surface area contributed by atoms with Crippen LogP contribution in [0.15, 0.2) is 42.7 Å². The molecule has 32 heavy (non-hydrogen) atoms. The van der Waals surface area contributed by atoms with Gasteiger partial charge >= 0.3 is 18.0 Å². The molecule has 1 aromatic heterocycles. The van der Waals surface area contributed by atoms with Gasteiger partial charge in [0.05, 0.1) is 4.92 Å². The number of hydrogen-bond donors (Lipinski definition) is 0. The van der Waals surface area contributed by atoms with Crippen molar-refractivity contribution in [1.82, 2.24) is 9.97 Å². The molecule has 0 spiro atoms. The van der Waals surface area contributed by atoms with Gasteiger partial charge in [-0.1, -0.05) is 41.0 Å². The predicted molar refractivity (Wildman–Crippen MR) is 102 cm³/mol. The van der Waals surface area contributed by atoms with Gasteiger partial charge in [0.15, 0.2) is 0 Å². The third-order valence-corrected chi connectivity index (χ3v) is 3.93. The van der Waals surface area contributed by atoms with Crippen molar-refractivity contribution in [3.63, 3.8) is 0 Å². The second kappa shape index (κ2) is 14.3. The summed E-state index contributed by atoms with van der Waals surface area (Å²) < 4.78 is 12.7. The smallest absolute Gasteiger partial charge is 0.341 e. The number of nitro groups is 1. The van der Waals surface area contributed by atoms with Gasteiger partial charge in [-0.05, 0) is 43.8 Å². The SMILES string of the molecule is Cc1ccc([N+](=O)[O-])c(F)c1.Cc1ccc2c(c1)-c1[c-]ncnc1C2.O=C=O.O=C=O.[W]. The fraction of sp³-hybridized carbons (Fsp3) is 0.143. The van der Waals surface area contributed by atoms with Gasteiger partial charge in [0, 0.05) is 33.5 Å². The third-order valence-electron chi connectivity index (χ3n) is 3.93. The van der Waals surface area contributed by atoms with Gasteiger partial charge in [-0.25, -0.2) is 0 Å². The van der Waals surface area contributed by atoms with Gasteiger partial charge in [-0.15, -0.1) is 5.56 Å². The fourth-order valence-electron chi connectivity index (χ4n) is 2.69. The summed E-state index contributed by atoms with van der Waals surface area (Å²) in [6, 6.07) is 10.3. The van der Waals surface area contributed by atoms with Crippen molar-refractivity contribution in [2.75, 3.05) is 0 Å². The predicted octanol–water partition coefficient (Wildman–Crippen LogP) is 3.03. The van der Waals surface area contributed by atoms with Crippen molar-refractivity contribution in [3.8, 4) is 11.1 Å². The molecule has 164 valence electrons. The van der Waals surface area contributed by atoms with Crippen molar-refractivity contribution >= 4 is 18.0 Å². The largest absolute Gasteiger partial charge is 0.373 e. The normalized spacial score (nSPS) is 9.22. The average Bonchev–Trinajstić information content (AvgIpc) is 3.07. The van der Waals surface area contributed by atoms with E-state index in [-0.39, 0.29) is 33.4 Å². The molecule has 1 aliphatic carbocycles. The molecule has 11 heteroatoms. The Morgan fingerprint density at radius 3 is 2.16 bits per heavy atom. The topological polar surface area (TPSA) is 137 Å². The van der Waals surface area contributed by atoms with Crippen molar-refractivity contribution in [3.05, 3.63) is 87.2 Å². The number of benzene rings is 2. The molecule has 0 unspecified atom stereocenters. The molecule has 9 nitrogen and oxygen atoms in total. The van der Waals surface area contributed by atoms with E-state index in [2.05, 4.69) is 41.3 Å². The van der Waals surface area contributed by atoms with E-state index in [0.29, 0.717) is 5.56 Å². The number of fused-ring (bicyclic) bond motifs is 3. The van der Waals surface area contributed by atoms with Crippen LogP contribution in [0.1, 0.15) is 22.4 Å². The Hall–Kier alpha value is -3.70. The molecule has 0 radical (unpaired) electrons. The van der Waals surface area contributed by atoms with Crippen LogP contribution in [0.5, 0.6) is 0 Å². The van der Waals surface area contributed by atoms with Crippen LogP contribution >= 0.6 is 0 Å². The van der Waals surface area contributed by atoms with Gasteiger partial charge in [0.1, 0.15) is 0 Å². The maximum absolute atomic E-state index is 12.7. The fourth-order valence-corrected chi connectivity index (χ4v) is 2.69. The Morgan fingerprint density at radius 2 is 1.59 bits per heavy atom. The molecule has 0 aliphatic heterocycles. The quantitative estimate of drug-likeness (QED) is 0.183. The van der Waals surface area contributed by atoms with E-state index >= 15 is 0 Å². The summed E-state index contributed by atoms with van der Waals surface area (Å²) in [4.78, 5) is 50.1. The maximum atomic E-state index is 12.7. The van der Waals surface area contributed by atoms with E-state index in [1.807, 2.05) is 0 Å². The molecule has 0 N–H and O–H groups in total. The van der Waals surface area contributed by atoms with E-state index in [1.54, 1.807) is 13.3 Å². The van der Waals surface area contributed by atoms with Gasteiger partial charge in [-0.2, -0.15) is 23.6 Å². The summed E-state index contributed by atoms with van der Waals surface area (Å²) in [7, 11) is 0. The van der Waals surface area contributed by atoms with Crippen LogP contribution in [0.4, 0.5) is 10.1 Å². The summed E-state index contributed by atoms with van der Waals surface area (Å²) in [6.45, 7) is 3.77. The minimum Gasteiger partial charge on any atom is -0.341 e. The molecule has 4 rings (SSSR count). The zero-order chi connectivity index (χ0) is 23.4. The van der Waals surface area contributed by atoms with E-state index in [9.17, 15) is 14.5 Å². The molecular weight excluding hydrogens is 593 g/mol. The Labute approximate surface area is 196 Å². The standard InChI is InChI=1S/C12H9N2.C7H6FNO2.2CO2.W/c1-8-2-3-9-5-12-11(10(9)4-8)6-13-7-14-12;1-5-2-3-7(9(10)11)6(8)4-5;2*2-1-3;/h2-4,7H,5H2,1H3;2-4H,1H3;;;/q-1;;;;. The Kier molecular flexibility index (Phi) is 12.7. The van der Waals surface area contributed by atoms with E-state index < -0.39 is 16.4 Å². The summed E-state index contributed by atoms with van der Waals surface area (Å²) in [6.07, 6.45) is 6.01. The van der Waals surface area contributed by atoms with Crippen LogP contribution < -0.4 is 0 Å². The van der Waals surface area contributed by atoms with E-state index in [4.69, 9.17) is 19.2 Å². The van der Waals surface area contributed by atoms with Crippen molar-refractivity contribution in [2.24, 2.45) is 0 Å². The Bertz CT molecular complexity index is 1130. The van der Waals surface area contributed by atoms with Gasteiger partial charge in [0.25, 0.3) is 0 Å². The minimum atomic E-state index is -0.782. The Balaban J connectivity index is 0.000000481. The van der Waals surface area contributed by atoms with Crippen LogP contribution in [0.3, 0.4) is 0 Å². The van der Waals surface area contributed by atoms with Gasteiger partial charge < -0.3 is 9.97 Å². The molecule has 0 amide bonds. The number of halogens is 1. The summed E-state index contributed by atoms with van der Waals surface area (Å²) in [5.74, 6) is -0.782. The first-order valence-corrected chi connectivity index (χ1v) is 8.49. The van der Waals surface area contributed by atoms with Crippen LogP contribution in [0, 0.1) is 36.0 Å². The molecule has 3 aromatic rings.